The molecule has 1 aliphatic heterocycles. The van der Waals surface area contributed by atoms with Gasteiger partial charge in [-0.05, 0) is 58.8 Å². The lowest BCUT2D eigenvalue weighted by Crippen LogP contribution is -2.38. The molecule has 3 fully saturated rings. The van der Waals surface area contributed by atoms with Crippen LogP contribution in [0.3, 0.4) is 0 Å². The SMILES string of the molecule is CC1(C)[C@H]2CC[C@@]1(C)[C@@H]1O[C@H](O[C@H](c3ccccc3C(F)(F)F)[C@@H](O)c3ccccc3C(F)(F)F)C[C@@H]12. The fourth-order valence-electron chi connectivity index (χ4n) is 7.23. The Balaban J connectivity index is 1.52. The summed E-state index contributed by atoms with van der Waals surface area (Å²) >= 11 is 0. The van der Waals surface area contributed by atoms with Crippen LogP contribution in [0.2, 0.25) is 0 Å². The lowest BCUT2D eigenvalue weighted by atomic mass is 9.70. The summed E-state index contributed by atoms with van der Waals surface area (Å²) in [5, 5.41) is 11.2. The number of aliphatic hydroxyl groups excluding tert-OH is 1. The Morgan fingerprint density at radius 1 is 0.892 bits per heavy atom. The molecule has 2 aromatic carbocycles. The third kappa shape index (κ3) is 4.17. The van der Waals surface area contributed by atoms with E-state index in [1.165, 1.54) is 18.2 Å². The number of alkyl halides is 6. The van der Waals surface area contributed by atoms with Crippen molar-refractivity contribution in [3.05, 3.63) is 70.8 Å². The summed E-state index contributed by atoms with van der Waals surface area (Å²) in [6.07, 6.45) is -12.1. The smallest absolute Gasteiger partial charge is 0.385 e. The highest BCUT2D eigenvalue weighted by Gasteiger charge is 2.69. The largest absolute Gasteiger partial charge is 0.416 e. The summed E-state index contributed by atoms with van der Waals surface area (Å²) in [5.41, 5.74) is -3.30. The van der Waals surface area contributed by atoms with Crippen LogP contribution in [-0.2, 0) is 21.8 Å². The van der Waals surface area contributed by atoms with Gasteiger partial charge in [-0.2, -0.15) is 26.3 Å². The molecule has 37 heavy (non-hydrogen) atoms. The molecule has 0 unspecified atom stereocenters. The van der Waals surface area contributed by atoms with Crippen molar-refractivity contribution in [3.8, 4) is 0 Å². The number of fused-ring (bicyclic) bond motifs is 5. The normalized spacial score (nSPS) is 32.4. The second-order valence-corrected chi connectivity index (χ2v) is 11.3. The van der Waals surface area contributed by atoms with Crippen molar-refractivity contribution in [2.24, 2.45) is 22.7 Å². The first kappa shape index (κ1) is 26.5. The molecule has 0 amide bonds. The van der Waals surface area contributed by atoms with E-state index in [1.54, 1.807) is 0 Å². The topological polar surface area (TPSA) is 38.7 Å². The lowest BCUT2D eigenvalue weighted by molar-refractivity contribution is -0.208. The Hall–Kier alpha value is -2.10. The van der Waals surface area contributed by atoms with Gasteiger partial charge < -0.3 is 14.6 Å². The molecule has 0 radical (unpaired) electrons. The van der Waals surface area contributed by atoms with Crippen molar-refractivity contribution in [2.45, 2.75) is 77.0 Å². The summed E-state index contributed by atoms with van der Waals surface area (Å²) in [5.74, 6) is 0.491. The molecule has 1 saturated heterocycles. The van der Waals surface area contributed by atoms with Crippen molar-refractivity contribution in [2.75, 3.05) is 0 Å². The predicted octanol–water partition coefficient (Wildman–Crippen LogP) is 7.70. The van der Waals surface area contributed by atoms with E-state index in [-0.39, 0.29) is 22.9 Å². The third-order valence-corrected chi connectivity index (χ3v) is 9.41. The van der Waals surface area contributed by atoms with Gasteiger partial charge in [0, 0.05) is 6.42 Å². The summed E-state index contributed by atoms with van der Waals surface area (Å²) in [4.78, 5) is 0. The Morgan fingerprint density at radius 3 is 2.00 bits per heavy atom. The van der Waals surface area contributed by atoms with Gasteiger partial charge in [0.05, 0.1) is 17.2 Å². The van der Waals surface area contributed by atoms with Gasteiger partial charge in [0.15, 0.2) is 6.29 Å². The first-order chi connectivity index (χ1) is 17.2. The van der Waals surface area contributed by atoms with Gasteiger partial charge in [0.2, 0.25) is 0 Å². The van der Waals surface area contributed by atoms with Crippen LogP contribution in [0.5, 0.6) is 0 Å². The quantitative estimate of drug-likeness (QED) is 0.404. The van der Waals surface area contributed by atoms with Crippen LogP contribution in [0.25, 0.3) is 0 Å². The van der Waals surface area contributed by atoms with Crippen molar-refractivity contribution in [3.63, 3.8) is 0 Å². The molecule has 2 aromatic rings. The standard InChI is InChI=1S/C28H30F6O3/c1-25(2)18-12-13-26(25,3)24-17(18)14-21(37-24)36-23(16-9-5-7-11-20(16)28(32,33)34)22(35)15-8-4-6-10-19(15)27(29,30)31/h4-11,17-18,21-24,35H,12-14H2,1-3H3/t17-,18+,21+,22+,23-,24-,26+/m1/s1. The van der Waals surface area contributed by atoms with Crippen molar-refractivity contribution in [1.82, 2.24) is 0 Å². The minimum absolute atomic E-state index is 0.0285. The molecule has 1 heterocycles. The molecule has 7 atom stereocenters. The number of benzene rings is 2. The van der Waals surface area contributed by atoms with E-state index in [0.29, 0.717) is 12.3 Å². The fourth-order valence-corrected chi connectivity index (χ4v) is 7.23. The predicted molar refractivity (Wildman–Crippen MR) is 123 cm³/mol. The molecule has 3 aliphatic rings. The second kappa shape index (κ2) is 8.71. The summed E-state index contributed by atoms with van der Waals surface area (Å²) in [6.45, 7) is 6.58. The Bertz CT molecular complexity index is 1160. The minimum Gasteiger partial charge on any atom is -0.385 e. The average molecular weight is 529 g/mol. The maximum absolute atomic E-state index is 13.9. The van der Waals surface area contributed by atoms with Crippen molar-refractivity contribution < 1.29 is 40.9 Å². The van der Waals surface area contributed by atoms with Crippen LogP contribution in [0.4, 0.5) is 26.3 Å². The Morgan fingerprint density at radius 2 is 1.43 bits per heavy atom. The molecule has 3 nitrogen and oxygen atoms in total. The number of aliphatic hydroxyl groups is 1. The maximum Gasteiger partial charge on any atom is 0.416 e. The van der Waals surface area contributed by atoms with Gasteiger partial charge >= 0.3 is 12.4 Å². The molecule has 9 heteroatoms. The average Bonchev–Trinajstić information content (AvgIpc) is 3.39. The summed E-state index contributed by atoms with van der Waals surface area (Å²) < 4.78 is 95.4. The molecule has 0 aromatic heterocycles. The van der Waals surface area contributed by atoms with Gasteiger partial charge in [-0.15, -0.1) is 0 Å². The highest BCUT2D eigenvalue weighted by atomic mass is 19.4. The van der Waals surface area contributed by atoms with Gasteiger partial charge in [0.1, 0.15) is 12.2 Å². The summed E-state index contributed by atoms with van der Waals surface area (Å²) in [6, 6.07) is 8.83. The minimum atomic E-state index is -4.81. The first-order valence-corrected chi connectivity index (χ1v) is 12.5. The molecular weight excluding hydrogens is 498 g/mol. The number of ether oxygens (including phenoxy) is 2. The van der Waals surface area contributed by atoms with Crippen LogP contribution < -0.4 is 0 Å². The summed E-state index contributed by atoms with van der Waals surface area (Å²) in [7, 11) is 0. The van der Waals surface area contributed by atoms with Crippen LogP contribution in [0.15, 0.2) is 48.5 Å². The maximum atomic E-state index is 13.9. The zero-order chi connectivity index (χ0) is 27.0. The highest BCUT2D eigenvalue weighted by molar-refractivity contribution is 5.37. The molecular formula is C28H30F6O3. The monoisotopic (exact) mass is 528 g/mol. The van der Waals surface area contributed by atoms with Crippen LogP contribution >= 0.6 is 0 Å². The molecule has 2 aliphatic carbocycles. The number of hydrogen-bond acceptors (Lipinski definition) is 3. The van der Waals surface area contributed by atoms with E-state index in [1.807, 2.05) is 0 Å². The van der Waals surface area contributed by atoms with Gasteiger partial charge in [-0.3, -0.25) is 0 Å². The first-order valence-electron chi connectivity index (χ1n) is 12.5. The van der Waals surface area contributed by atoms with E-state index in [0.717, 1.165) is 43.2 Å². The molecule has 2 saturated carbocycles. The van der Waals surface area contributed by atoms with Gasteiger partial charge in [-0.1, -0.05) is 57.2 Å². The Labute approximate surface area is 211 Å². The van der Waals surface area contributed by atoms with Crippen LogP contribution in [0.1, 0.15) is 74.5 Å². The van der Waals surface area contributed by atoms with Gasteiger partial charge in [-0.25, -0.2) is 0 Å². The zero-order valence-corrected chi connectivity index (χ0v) is 20.7. The molecule has 0 spiro atoms. The van der Waals surface area contributed by atoms with E-state index >= 15 is 0 Å². The second-order valence-electron chi connectivity index (χ2n) is 11.3. The van der Waals surface area contributed by atoms with Gasteiger partial charge in [0.25, 0.3) is 0 Å². The van der Waals surface area contributed by atoms with E-state index in [4.69, 9.17) is 9.47 Å². The molecule has 5 rings (SSSR count). The fraction of sp³-hybridized carbons (Fsp3) is 0.571. The number of halogens is 6. The van der Waals surface area contributed by atoms with Crippen LogP contribution in [-0.4, -0.2) is 17.5 Å². The molecule has 202 valence electrons. The molecule has 2 bridgehead atoms. The Kier molecular flexibility index (Phi) is 6.24. The lowest BCUT2D eigenvalue weighted by Gasteiger charge is -2.39. The van der Waals surface area contributed by atoms with E-state index < -0.39 is 53.1 Å². The van der Waals surface area contributed by atoms with E-state index in [2.05, 4.69) is 20.8 Å². The van der Waals surface area contributed by atoms with Crippen molar-refractivity contribution >= 4 is 0 Å². The highest BCUT2D eigenvalue weighted by Crippen LogP contribution is 2.71. The third-order valence-electron chi connectivity index (χ3n) is 9.41. The zero-order valence-electron chi connectivity index (χ0n) is 20.7. The van der Waals surface area contributed by atoms with Crippen LogP contribution in [0, 0.1) is 22.7 Å². The number of rotatable bonds is 5. The van der Waals surface area contributed by atoms with Crippen molar-refractivity contribution in [1.29, 1.82) is 0 Å². The molecule has 1 N–H and O–H groups in total. The van der Waals surface area contributed by atoms with E-state index in [9.17, 15) is 31.4 Å². The number of hydrogen-bond donors (Lipinski definition) is 1.